The summed E-state index contributed by atoms with van der Waals surface area (Å²) < 4.78 is 5.41. The summed E-state index contributed by atoms with van der Waals surface area (Å²) in [6, 6.07) is 5.87. The van der Waals surface area contributed by atoms with Gasteiger partial charge in [0, 0.05) is 37.2 Å². The van der Waals surface area contributed by atoms with Crippen molar-refractivity contribution in [1.29, 1.82) is 0 Å². The number of aliphatic hydroxyl groups excluding tert-OH is 1. The highest BCUT2D eigenvalue weighted by Crippen LogP contribution is 2.26. The van der Waals surface area contributed by atoms with E-state index in [1.165, 1.54) is 0 Å². The summed E-state index contributed by atoms with van der Waals surface area (Å²) in [5.74, 6) is 6.82. The van der Waals surface area contributed by atoms with Crippen LogP contribution >= 0.6 is 0 Å². The quantitative estimate of drug-likeness (QED) is 0.822. The Balaban J connectivity index is 2.13. The van der Waals surface area contributed by atoms with Crippen molar-refractivity contribution in [2.75, 3.05) is 26.8 Å². The van der Waals surface area contributed by atoms with Gasteiger partial charge in [-0.2, -0.15) is 0 Å². The Kier molecular flexibility index (Phi) is 5.24. The first kappa shape index (κ1) is 15.8. The molecule has 4 nitrogen and oxygen atoms in total. The van der Waals surface area contributed by atoms with E-state index in [1.54, 1.807) is 7.11 Å². The molecular formula is C17H23NO3. The maximum Gasteiger partial charge on any atom is 0.123 e. The summed E-state index contributed by atoms with van der Waals surface area (Å²) in [4.78, 5) is 2.22. The van der Waals surface area contributed by atoms with Crippen molar-refractivity contribution in [1.82, 2.24) is 4.90 Å². The standard InChI is InChI=1S/C17H23NO3/c1-17(20)8-9-18(13-17)12-15-11-14(5-3-4-10-19)6-7-16(15)21-2/h6-7,11,19-20H,4,8-10,12-13H2,1-2H3. The zero-order valence-electron chi connectivity index (χ0n) is 12.7. The molecule has 1 atom stereocenters. The minimum Gasteiger partial charge on any atom is -0.496 e. The summed E-state index contributed by atoms with van der Waals surface area (Å²) >= 11 is 0. The molecule has 4 heteroatoms. The minimum atomic E-state index is -0.591. The van der Waals surface area contributed by atoms with Gasteiger partial charge in [-0.3, -0.25) is 4.90 Å². The predicted molar refractivity (Wildman–Crippen MR) is 82.1 cm³/mol. The lowest BCUT2D eigenvalue weighted by atomic mass is 10.1. The van der Waals surface area contributed by atoms with Gasteiger partial charge in [0.15, 0.2) is 0 Å². The zero-order valence-corrected chi connectivity index (χ0v) is 12.7. The third kappa shape index (κ3) is 4.47. The molecule has 1 heterocycles. The molecule has 0 bridgehead atoms. The van der Waals surface area contributed by atoms with Crippen LogP contribution in [0.4, 0.5) is 0 Å². The number of rotatable bonds is 4. The summed E-state index contributed by atoms with van der Waals surface area (Å²) in [5, 5.41) is 18.8. The van der Waals surface area contributed by atoms with Crippen LogP contribution in [0, 0.1) is 11.8 Å². The number of nitrogens with zero attached hydrogens (tertiary/aromatic N) is 1. The van der Waals surface area contributed by atoms with Crippen LogP contribution in [-0.4, -0.2) is 47.5 Å². The van der Waals surface area contributed by atoms with Crippen LogP contribution in [-0.2, 0) is 6.54 Å². The topological polar surface area (TPSA) is 52.9 Å². The molecule has 114 valence electrons. The summed E-state index contributed by atoms with van der Waals surface area (Å²) in [6.45, 7) is 4.27. The molecule has 0 amide bonds. The smallest absolute Gasteiger partial charge is 0.123 e. The van der Waals surface area contributed by atoms with Gasteiger partial charge in [0.25, 0.3) is 0 Å². The van der Waals surface area contributed by atoms with Gasteiger partial charge in [-0.05, 0) is 31.5 Å². The fourth-order valence-electron chi connectivity index (χ4n) is 2.62. The summed E-state index contributed by atoms with van der Waals surface area (Å²) in [6.07, 6.45) is 1.28. The van der Waals surface area contributed by atoms with E-state index in [9.17, 15) is 5.11 Å². The molecule has 1 saturated heterocycles. The van der Waals surface area contributed by atoms with Crippen molar-refractivity contribution in [3.8, 4) is 17.6 Å². The molecule has 0 aliphatic carbocycles. The normalized spacial score (nSPS) is 21.9. The molecule has 2 N–H and O–H groups in total. The van der Waals surface area contributed by atoms with Gasteiger partial charge in [-0.1, -0.05) is 11.8 Å². The Bertz CT molecular complexity index is 543. The second-order valence-electron chi connectivity index (χ2n) is 5.76. The average molecular weight is 289 g/mol. The third-order valence-electron chi connectivity index (χ3n) is 3.67. The number of ether oxygens (including phenoxy) is 1. The molecule has 0 aromatic heterocycles. The minimum absolute atomic E-state index is 0.0822. The Morgan fingerprint density at radius 1 is 1.43 bits per heavy atom. The van der Waals surface area contributed by atoms with Crippen molar-refractivity contribution in [3.63, 3.8) is 0 Å². The van der Waals surface area contributed by atoms with Gasteiger partial charge < -0.3 is 14.9 Å². The summed E-state index contributed by atoms with van der Waals surface area (Å²) in [7, 11) is 1.66. The highest BCUT2D eigenvalue weighted by molar-refractivity contribution is 5.44. The number of hydrogen-bond acceptors (Lipinski definition) is 4. The van der Waals surface area contributed by atoms with Crippen molar-refractivity contribution in [2.45, 2.75) is 31.9 Å². The van der Waals surface area contributed by atoms with E-state index in [0.29, 0.717) is 13.0 Å². The second kappa shape index (κ2) is 6.95. The predicted octanol–water partition coefficient (Wildman–Crippen LogP) is 1.39. The lowest BCUT2D eigenvalue weighted by Gasteiger charge is -2.20. The molecule has 1 unspecified atom stereocenters. The molecular weight excluding hydrogens is 266 g/mol. The van der Waals surface area contributed by atoms with Crippen LogP contribution in [0.15, 0.2) is 18.2 Å². The zero-order chi connectivity index (χ0) is 15.3. The highest BCUT2D eigenvalue weighted by atomic mass is 16.5. The first-order valence-corrected chi connectivity index (χ1v) is 7.25. The number of aliphatic hydroxyl groups is 2. The number of methoxy groups -OCH3 is 1. The van der Waals surface area contributed by atoms with Gasteiger partial charge in [0.1, 0.15) is 5.75 Å². The SMILES string of the molecule is COc1ccc(C#CCCO)cc1CN1CCC(C)(O)C1. The lowest BCUT2D eigenvalue weighted by Crippen LogP contribution is -2.29. The second-order valence-corrected chi connectivity index (χ2v) is 5.76. The van der Waals surface area contributed by atoms with E-state index in [1.807, 2.05) is 25.1 Å². The van der Waals surface area contributed by atoms with E-state index in [2.05, 4.69) is 16.7 Å². The van der Waals surface area contributed by atoms with Crippen molar-refractivity contribution in [2.24, 2.45) is 0 Å². The Morgan fingerprint density at radius 3 is 2.86 bits per heavy atom. The molecule has 2 rings (SSSR count). The molecule has 21 heavy (non-hydrogen) atoms. The molecule has 0 saturated carbocycles. The van der Waals surface area contributed by atoms with E-state index in [-0.39, 0.29) is 6.61 Å². The first-order valence-electron chi connectivity index (χ1n) is 7.25. The third-order valence-corrected chi connectivity index (χ3v) is 3.67. The largest absolute Gasteiger partial charge is 0.496 e. The Hall–Kier alpha value is -1.54. The number of benzene rings is 1. The van der Waals surface area contributed by atoms with Crippen LogP contribution in [0.3, 0.4) is 0 Å². The van der Waals surface area contributed by atoms with Crippen molar-refractivity contribution >= 4 is 0 Å². The van der Waals surface area contributed by atoms with E-state index in [4.69, 9.17) is 9.84 Å². The maximum atomic E-state index is 10.0. The first-order chi connectivity index (χ1) is 10.0. The van der Waals surface area contributed by atoms with Crippen molar-refractivity contribution < 1.29 is 14.9 Å². The van der Waals surface area contributed by atoms with E-state index >= 15 is 0 Å². The van der Waals surface area contributed by atoms with Gasteiger partial charge in [-0.15, -0.1) is 0 Å². The maximum absolute atomic E-state index is 10.0. The molecule has 1 aromatic carbocycles. The van der Waals surface area contributed by atoms with E-state index < -0.39 is 5.60 Å². The highest BCUT2D eigenvalue weighted by Gasteiger charge is 2.31. The lowest BCUT2D eigenvalue weighted by molar-refractivity contribution is 0.0678. The molecule has 0 radical (unpaired) electrons. The number of hydrogen-bond donors (Lipinski definition) is 2. The summed E-state index contributed by atoms with van der Waals surface area (Å²) in [5.41, 5.74) is 1.40. The monoisotopic (exact) mass is 289 g/mol. The molecule has 0 spiro atoms. The molecule has 1 aromatic rings. The van der Waals surface area contributed by atoms with Crippen LogP contribution in [0.2, 0.25) is 0 Å². The molecule has 1 fully saturated rings. The van der Waals surface area contributed by atoms with Gasteiger partial charge in [0.05, 0.1) is 19.3 Å². The Labute approximate surface area is 126 Å². The van der Waals surface area contributed by atoms with Crippen LogP contribution in [0.5, 0.6) is 5.75 Å². The fraction of sp³-hybridized carbons (Fsp3) is 0.529. The molecule has 1 aliphatic heterocycles. The molecule has 1 aliphatic rings. The van der Waals surface area contributed by atoms with Crippen LogP contribution < -0.4 is 4.74 Å². The van der Waals surface area contributed by atoms with Gasteiger partial charge in [-0.25, -0.2) is 0 Å². The van der Waals surface area contributed by atoms with Gasteiger partial charge >= 0.3 is 0 Å². The number of likely N-dealkylation sites (tertiary alicyclic amines) is 1. The van der Waals surface area contributed by atoms with Crippen LogP contribution in [0.1, 0.15) is 30.9 Å². The fourth-order valence-corrected chi connectivity index (χ4v) is 2.62. The van der Waals surface area contributed by atoms with Crippen LogP contribution in [0.25, 0.3) is 0 Å². The Morgan fingerprint density at radius 2 is 2.24 bits per heavy atom. The van der Waals surface area contributed by atoms with E-state index in [0.717, 1.165) is 36.4 Å². The van der Waals surface area contributed by atoms with Crippen molar-refractivity contribution in [3.05, 3.63) is 29.3 Å². The average Bonchev–Trinajstić information content (AvgIpc) is 2.78. The van der Waals surface area contributed by atoms with Gasteiger partial charge in [0.2, 0.25) is 0 Å². The number of β-amino-alcohol motifs (C(OH)–C–C–N with tert-alkyl or cyclic N) is 1.